The number of likely N-dealkylation sites (tertiary alicyclic amines) is 1. The lowest BCUT2D eigenvalue weighted by Crippen LogP contribution is -2.40. The van der Waals surface area contributed by atoms with E-state index in [1.54, 1.807) is 30.3 Å². The van der Waals surface area contributed by atoms with Crippen molar-refractivity contribution in [2.45, 2.75) is 65.3 Å². The van der Waals surface area contributed by atoms with E-state index in [4.69, 9.17) is 18.9 Å². The van der Waals surface area contributed by atoms with Crippen LogP contribution >= 0.6 is 0 Å². The molecule has 9 nitrogen and oxygen atoms in total. The van der Waals surface area contributed by atoms with Gasteiger partial charge >= 0.3 is 5.97 Å². The van der Waals surface area contributed by atoms with Crippen LogP contribution in [-0.2, 0) is 19.6 Å². The monoisotopic (exact) mass is 620 g/mol. The molecule has 0 saturated carbocycles. The van der Waals surface area contributed by atoms with Gasteiger partial charge in [-0.2, -0.15) is 0 Å². The largest absolute Gasteiger partial charge is 0.491 e. The average Bonchev–Trinajstić information content (AvgIpc) is 3.61. The number of fused-ring (bicyclic) bond motifs is 1. The molecule has 2 aromatic carbocycles. The van der Waals surface area contributed by atoms with Crippen molar-refractivity contribution in [1.82, 2.24) is 9.21 Å². The fraction of sp³-hybridized carbons (Fsp3) is 0.594. The Hall–Kier alpha value is -2.89. The summed E-state index contributed by atoms with van der Waals surface area (Å²) in [5.74, 6) is -0.381. The molecule has 0 unspecified atom stereocenters. The molecule has 1 saturated heterocycles. The van der Waals surface area contributed by atoms with Crippen molar-refractivity contribution in [3.63, 3.8) is 0 Å². The molecule has 43 heavy (non-hydrogen) atoms. The number of hydrogen-bond acceptors (Lipinski definition) is 8. The predicted molar refractivity (Wildman–Crippen MR) is 162 cm³/mol. The minimum Gasteiger partial charge on any atom is -0.491 e. The van der Waals surface area contributed by atoms with Crippen molar-refractivity contribution < 1.29 is 36.6 Å². The summed E-state index contributed by atoms with van der Waals surface area (Å²) in [6.45, 7) is 9.70. The molecule has 11 heteroatoms. The number of hydrogen-bond donors (Lipinski definition) is 0. The highest BCUT2D eigenvalue weighted by Gasteiger charge is 2.48. The summed E-state index contributed by atoms with van der Waals surface area (Å²) in [5.41, 5.74) is 1.48. The molecular formula is C32H45FN2O7S. The number of halogens is 1. The highest BCUT2D eigenvalue weighted by Crippen LogP contribution is 2.48. The summed E-state index contributed by atoms with van der Waals surface area (Å²) in [5, 5.41) is 0. The smallest absolute Gasteiger partial charge is 0.311 e. The Labute approximate surface area is 255 Å². The first-order valence-electron chi connectivity index (χ1n) is 15.4. The Bertz CT molecular complexity index is 1340. The SMILES string of the molecule is CCCCCS(=O)(=O)N(CCC)CCN1C[C@H](c2ccc3c(c2)OCO3)[C@@H](C(=O)OCC)[C@@H]1c1ccc(OCC)c(F)c1. The third-order valence-corrected chi connectivity index (χ3v) is 10.0. The quantitative estimate of drug-likeness (QED) is 0.179. The molecule has 3 atom stereocenters. The fourth-order valence-corrected chi connectivity index (χ4v) is 7.73. The lowest BCUT2D eigenvalue weighted by molar-refractivity contribution is -0.149. The standard InChI is InChI=1S/C32H45FN2O7S/c1-5-9-10-18-43(37,38)35(15-6-2)17-16-34-21-25(23-11-14-28-29(20-23)42-22-41-28)30(32(36)40-8-4)31(34)24-12-13-27(39-7-3)26(33)19-24/h11-14,19-20,25,30-31H,5-10,15-18,21-22H2,1-4H3/t25-,30-,31+/m1/s1. The van der Waals surface area contributed by atoms with E-state index in [-0.39, 0.29) is 43.3 Å². The first-order valence-corrected chi connectivity index (χ1v) is 17.0. The summed E-state index contributed by atoms with van der Waals surface area (Å²) >= 11 is 0. The Morgan fingerprint density at radius 1 is 0.977 bits per heavy atom. The van der Waals surface area contributed by atoms with Gasteiger partial charge in [0.25, 0.3) is 0 Å². The van der Waals surface area contributed by atoms with E-state index in [0.717, 1.165) is 18.4 Å². The Kier molecular flexibility index (Phi) is 11.7. The number of sulfonamides is 1. The number of carbonyl (C=O) groups is 1. The molecule has 238 valence electrons. The summed E-state index contributed by atoms with van der Waals surface area (Å²) in [6, 6.07) is 9.88. The minimum atomic E-state index is -3.45. The van der Waals surface area contributed by atoms with E-state index in [1.165, 1.54) is 6.07 Å². The summed E-state index contributed by atoms with van der Waals surface area (Å²) < 4.78 is 65.5. The van der Waals surface area contributed by atoms with Gasteiger partial charge in [0.05, 0.1) is 24.9 Å². The van der Waals surface area contributed by atoms with Crippen molar-refractivity contribution in [3.8, 4) is 17.2 Å². The average molecular weight is 621 g/mol. The van der Waals surface area contributed by atoms with Gasteiger partial charge in [-0.15, -0.1) is 0 Å². The van der Waals surface area contributed by atoms with Crippen molar-refractivity contribution in [2.75, 3.05) is 51.9 Å². The maximum absolute atomic E-state index is 15.2. The van der Waals surface area contributed by atoms with Gasteiger partial charge in [0.15, 0.2) is 23.1 Å². The van der Waals surface area contributed by atoms with Crippen LogP contribution in [-0.4, -0.2) is 75.5 Å². The second kappa shape index (κ2) is 15.2. The third-order valence-electron chi connectivity index (χ3n) is 8.09. The molecule has 4 rings (SSSR count). The molecule has 0 amide bonds. The summed E-state index contributed by atoms with van der Waals surface area (Å²) in [6.07, 6.45) is 3.10. The topological polar surface area (TPSA) is 94.6 Å². The summed E-state index contributed by atoms with van der Waals surface area (Å²) in [4.78, 5) is 15.8. The number of nitrogens with zero attached hydrogens (tertiary/aromatic N) is 2. The van der Waals surface area contributed by atoms with Crippen molar-refractivity contribution >= 4 is 16.0 Å². The number of carbonyl (C=O) groups excluding carboxylic acids is 1. The normalized spacial score (nSPS) is 20.1. The molecule has 0 radical (unpaired) electrons. The van der Waals surface area contributed by atoms with Crippen LogP contribution in [0.5, 0.6) is 17.2 Å². The summed E-state index contributed by atoms with van der Waals surface area (Å²) in [7, 11) is -3.45. The number of esters is 1. The molecule has 2 aliphatic heterocycles. The predicted octanol–water partition coefficient (Wildman–Crippen LogP) is 5.50. The molecule has 2 heterocycles. The highest BCUT2D eigenvalue weighted by atomic mass is 32.2. The molecule has 2 aliphatic rings. The third kappa shape index (κ3) is 7.80. The van der Waals surface area contributed by atoms with E-state index in [0.29, 0.717) is 56.1 Å². The van der Waals surface area contributed by atoms with Gasteiger partial charge in [0, 0.05) is 38.1 Å². The molecule has 0 aromatic heterocycles. The van der Waals surface area contributed by atoms with E-state index in [2.05, 4.69) is 4.90 Å². The van der Waals surface area contributed by atoms with Crippen molar-refractivity contribution in [2.24, 2.45) is 5.92 Å². The lowest BCUT2D eigenvalue weighted by Gasteiger charge is -2.30. The van der Waals surface area contributed by atoms with E-state index < -0.39 is 27.8 Å². The molecule has 0 spiro atoms. The van der Waals surface area contributed by atoms with Crippen LogP contribution in [0.2, 0.25) is 0 Å². The second-order valence-corrected chi connectivity index (χ2v) is 13.1. The second-order valence-electron chi connectivity index (χ2n) is 11.0. The van der Waals surface area contributed by atoms with Crippen LogP contribution in [0.3, 0.4) is 0 Å². The van der Waals surface area contributed by atoms with Crippen LogP contribution in [0.15, 0.2) is 36.4 Å². The van der Waals surface area contributed by atoms with Gasteiger partial charge < -0.3 is 18.9 Å². The Morgan fingerprint density at radius 3 is 2.44 bits per heavy atom. The number of benzene rings is 2. The van der Waals surface area contributed by atoms with Gasteiger partial charge in [-0.25, -0.2) is 17.1 Å². The first-order chi connectivity index (χ1) is 20.7. The minimum absolute atomic E-state index is 0.111. The molecule has 0 aliphatic carbocycles. The van der Waals surface area contributed by atoms with E-state index in [9.17, 15) is 13.2 Å². The number of ether oxygens (including phenoxy) is 4. The van der Waals surface area contributed by atoms with E-state index >= 15 is 4.39 Å². The van der Waals surface area contributed by atoms with Crippen LogP contribution in [0, 0.1) is 11.7 Å². The van der Waals surface area contributed by atoms with Gasteiger partial charge in [0.2, 0.25) is 16.8 Å². The van der Waals surface area contributed by atoms with Crippen LogP contribution in [0.4, 0.5) is 4.39 Å². The van der Waals surface area contributed by atoms with Gasteiger partial charge in [-0.3, -0.25) is 9.69 Å². The van der Waals surface area contributed by atoms with Crippen molar-refractivity contribution in [1.29, 1.82) is 0 Å². The molecule has 0 N–H and O–H groups in total. The van der Waals surface area contributed by atoms with Crippen LogP contribution < -0.4 is 14.2 Å². The van der Waals surface area contributed by atoms with Gasteiger partial charge in [-0.05, 0) is 62.1 Å². The molecule has 0 bridgehead atoms. The van der Waals surface area contributed by atoms with Crippen molar-refractivity contribution in [3.05, 3.63) is 53.3 Å². The fourth-order valence-electron chi connectivity index (χ4n) is 6.08. The Balaban J connectivity index is 1.71. The zero-order valence-corrected chi connectivity index (χ0v) is 26.5. The van der Waals surface area contributed by atoms with Crippen LogP contribution in [0.25, 0.3) is 0 Å². The Morgan fingerprint density at radius 2 is 1.74 bits per heavy atom. The molecule has 2 aromatic rings. The van der Waals surface area contributed by atoms with E-state index in [1.807, 2.05) is 32.0 Å². The van der Waals surface area contributed by atoms with Gasteiger partial charge in [-0.1, -0.05) is 38.8 Å². The maximum atomic E-state index is 15.2. The zero-order chi connectivity index (χ0) is 31.0. The first kappa shape index (κ1) is 33.0. The van der Waals surface area contributed by atoms with Crippen LogP contribution in [0.1, 0.15) is 76.5 Å². The lowest BCUT2D eigenvalue weighted by atomic mass is 9.82. The van der Waals surface area contributed by atoms with Gasteiger partial charge in [0.1, 0.15) is 0 Å². The number of unbranched alkanes of at least 4 members (excludes halogenated alkanes) is 2. The number of rotatable bonds is 16. The highest BCUT2D eigenvalue weighted by molar-refractivity contribution is 7.89. The maximum Gasteiger partial charge on any atom is 0.311 e. The zero-order valence-electron chi connectivity index (χ0n) is 25.7. The molecular weight excluding hydrogens is 575 g/mol. The molecule has 1 fully saturated rings.